The van der Waals surface area contributed by atoms with Gasteiger partial charge in [-0.15, -0.1) is 0 Å². The Kier molecular flexibility index (Phi) is 7.13. The highest BCUT2D eigenvalue weighted by Crippen LogP contribution is 2.41. The number of rotatable bonds is 9. The van der Waals surface area contributed by atoms with Crippen molar-refractivity contribution in [2.75, 3.05) is 28.4 Å². The van der Waals surface area contributed by atoms with Gasteiger partial charge in [0.2, 0.25) is 0 Å². The summed E-state index contributed by atoms with van der Waals surface area (Å²) in [6, 6.07) is 20.0. The number of ether oxygens (including phenoxy) is 4. The Morgan fingerprint density at radius 3 is 2.06 bits per heavy atom. The molecule has 0 aliphatic carbocycles. The first-order valence-electron chi connectivity index (χ1n) is 10.8. The summed E-state index contributed by atoms with van der Waals surface area (Å²) in [5.41, 5.74) is 1.31. The van der Waals surface area contributed by atoms with Gasteiger partial charge >= 0.3 is 0 Å². The van der Waals surface area contributed by atoms with Crippen molar-refractivity contribution in [2.24, 2.45) is 0 Å². The fourth-order valence-corrected chi connectivity index (χ4v) is 5.82. The van der Waals surface area contributed by atoms with Gasteiger partial charge in [0.15, 0.2) is 17.8 Å². The van der Waals surface area contributed by atoms with Crippen LogP contribution >= 0.6 is 0 Å². The molecule has 184 valence electrons. The van der Waals surface area contributed by atoms with Gasteiger partial charge in [-0.2, -0.15) is 0 Å². The molecule has 0 radical (unpaired) electrons. The summed E-state index contributed by atoms with van der Waals surface area (Å²) >= 11 is 0. The summed E-state index contributed by atoms with van der Waals surface area (Å²) in [6.45, 7) is 0. The van der Waals surface area contributed by atoms with E-state index in [1.165, 1.54) is 44.5 Å². The minimum Gasteiger partial charge on any atom is -0.493 e. The summed E-state index contributed by atoms with van der Waals surface area (Å²) in [6.07, 6.45) is -2.31. The maximum atomic E-state index is 14.0. The fourth-order valence-electron chi connectivity index (χ4n) is 4.23. The molecule has 1 aromatic heterocycles. The van der Waals surface area contributed by atoms with Crippen molar-refractivity contribution < 1.29 is 32.5 Å². The van der Waals surface area contributed by atoms with E-state index in [1.54, 1.807) is 60.7 Å². The molecule has 0 saturated carbocycles. The highest BCUT2D eigenvalue weighted by molar-refractivity contribution is 7.90. The molecule has 0 aliphatic heterocycles. The maximum Gasteiger partial charge on any atom is 0.268 e. The van der Waals surface area contributed by atoms with Crippen LogP contribution in [0.5, 0.6) is 11.5 Å². The van der Waals surface area contributed by atoms with E-state index in [9.17, 15) is 13.5 Å². The van der Waals surface area contributed by atoms with Crippen molar-refractivity contribution >= 4 is 20.9 Å². The van der Waals surface area contributed by atoms with Crippen LogP contribution in [0.25, 0.3) is 10.9 Å². The zero-order valence-electron chi connectivity index (χ0n) is 19.8. The molecule has 1 heterocycles. The first kappa shape index (κ1) is 24.7. The Labute approximate surface area is 204 Å². The molecular weight excluding hydrogens is 470 g/mol. The molecule has 0 saturated heterocycles. The summed E-state index contributed by atoms with van der Waals surface area (Å²) in [5.74, 6) is 0.877. The molecule has 8 nitrogen and oxygen atoms in total. The minimum atomic E-state index is -4.12. The van der Waals surface area contributed by atoms with Crippen LogP contribution in [0, 0.1) is 0 Å². The number of methoxy groups -OCH3 is 4. The van der Waals surface area contributed by atoms with E-state index in [4.69, 9.17) is 18.9 Å². The number of para-hydroxylation sites is 1. The number of aromatic nitrogens is 1. The van der Waals surface area contributed by atoms with E-state index in [2.05, 4.69) is 0 Å². The average molecular weight is 498 g/mol. The zero-order valence-corrected chi connectivity index (χ0v) is 20.7. The molecule has 1 N–H and O–H groups in total. The smallest absolute Gasteiger partial charge is 0.268 e. The van der Waals surface area contributed by atoms with E-state index >= 15 is 0 Å². The van der Waals surface area contributed by atoms with Gasteiger partial charge in [-0.25, -0.2) is 12.4 Å². The summed E-state index contributed by atoms with van der Waals surface area (Å²) < 4.78 is 50.9. The van der Waals surface area contributed by atoms with Crippen LogP contribution in [0.2, 0.25) is 0 Å². The molecule has 1 unspecified atom stereocenters. The van der Waals surface area contributed by atoms with E-state index < -0.39 is 22.4 Å². The molecule has 0 bridgehead atoms. The molecular formula is C26H27NO7S. The quantitative estimate of drug-likeness (QED) is 0.345. The SMILES string of the molecule is COc1ccc(C(O)c2c(C(OC)OC)c3ccccc3n2S(=O)(=O)c2ccccc2)cc1OC. The number of hydrogen-bond acceptors (Lipinski definition) is 7. The zero-order chi connectivity index (χ0) is 25.2. The number of aliphatic hydroxyl groups is 1. The van der Waals surface area contributed by atoms with Gasteiger partial charge in [0.25, 0.3) is 10.0 Å². The van der Waals surface area contributed by atoms with Gasteiger partial charge in [0.05, 0.1) is 30.3 Å². The van der Waals surface area contributed by atoms with Crippen molar-refractivity contribution in [3.8, 4) is 11.5 Å². The second kappa shape index (κ2) is 10.1. The third-order valence-electron chi connectivity index (χ3n) is 5.84. The fraction of sp³-hybridized carbons (Fsp3) is 0.231. The minimum absolute atomic E-state index is 0.0828. The van der Waals surface area contributed by atoms with E-state index in [0.29, 0.717) is 33.5 Å². The topological polar surface area (TPSA) is 96.2 Å². The largest absolute Gasteiger partial charge is 0.493 e. The number of hydrogen-bond donors (Lipinski definition) is 1. The van der Waals surface area contributed by atoms with Gasteiger partial charge in [-0.05, 0) is 35.9 Å². The summed E-state index contributed by atoms with van der Waals surface area (Å²) in [4.78, 5) is 0.0828. The molecule has 0 spiro atoms. The van der Waals surface area contributed by atoms with E-state index in [0.717, 1.165) is 0 Å². The van der Waals surface area contributed by atoms with Gasteiger partial charge < -0.3 is 24.1 Å². The predicted molar refractivity (Wildman–Crippen MR) is 131 cm³/mol. The van der Waals surface area contributed by atoms with Crippen LogP contribution < -0.4 is 9.47 Å². The van der Waals surface area contributed by atoms with Crippen LogP contribution in [0.1, 0.15) is 29.2 Å². The number of nitrogens with zero attached hydrogens (tertiary/aromatic N) is 1. The molecule has 3 aromatic carbocycles. The van der Waals surface area contributed by atoms with Crippen LogP contribution in [0.4, 0.5) is 0 Å². The lowest BCUT2D eigenvalue weighted by atomic mass is 10.0. The first-order chi connectivity index (χ1) is 16.9. The lowest BCUT2D eigenvalue weighted by Gasteiger charge is -2.22. The highest BCUT2D eigenvalue weighted by atomic mass is 32.2. The standard InChI is InChI=1S/C26H27NO7S/c1-31-21-15-14-17(16-22(21)32-2)25(28)24-23(26(33-3)34-4)19-12-8-9-13-20(19)27(24)35(29,30)18-10-6-5-7-11-18/h5-16,25-26,28H,1-4H3. The van der Waals surface area contributed by atoms with Crippen LogP contribution in [0.15, 0.2) is 77.7 Å². The lowest BCUT2D eigenvalue weighted by molar-refractivity contribution is -0.106. The van der Waals surface area contributed by atoms with Gasteiger partial charge in [-0.3, -0.25) is 0 Å². The molecule has 4 aromatic rings. The first-order valence-corrected chi connectivity index (χ1v) is 12.2. The second-order valence-electron chi connectivity index (χ2n) is 7.72. The number of aliphatic hydroxyl groups excluding tert-OH is 1. The van der Waals surface area contributed by atoms with Gasteiger partial charge in [0.1, 0.15) is 6.10 Å². The van der Waals surface area contributed by atoms with Crippen molar-refractivity contribution in [3.63, 3.8) is 0 Å². The van der Waals surface area contributed by atoms with Crippen molar-refractivity contribution in [2.45, 2.75) is 17.3 Å². The Balaban J connectivity index is 2.09. The maximum absolute atomic E-state index is 14.0. The predicted octanol–water partition coefficient (Wildman–Crippen LogP) is 4.27. The molecule has 1 atom stereocenters. The lowest BCUT2D eigenvalue weighted by Crippen LogP contribution is -2.20. The molecule has 35 heavy (non-hydrogen) atoms. The third kappa shape index (κ3) is 4.28. The normalized spacial score (nSPS) is 12.7. The Morgan fingerprint density at radius 2 is 1.43 bits per heavy atom. The second-order valence-corrected chi connectivity index (χ2v) is 9.51. The molecule has 9 heteroatoms. The monoisotopic (exact) mass is 497 g/mol. The molecule has 0 amide bonds. The van der Waals surface area contributed by atoms with Crippen LogP contribution in [0.3, 0.4) is 0 Å². The Hall–Kier alpha value is -3.37. The molecule has 0 fully saturated rings. The summed E-state index contributed by atoms with van der Waals surface area (Å²) in [5, 5.41) is 12.3. The van der Waals surface area contributed by atoms with Gasteiger partial charge in [0, 0.05) is 25.2 Å². The Bertz CT molecular complexity index is 1430. The average Bonchev–Trinajstić information content (AvgIpc) is 3.25. The van der Waals surface area contributed by atoms with Gasteiger partial charge in [-0.1, -0.05) is 42.5 Å². The number of fused-ring (bicyclic) bond motifs is 1. The van der Waals surface area contributed by atoms with Crippen molar-refractivity contribution in [3.05, 3.63) is 89.6 Å². The van der Waals surface area contributed by atoms with E-state index in [-0.39, 0.29) is 10.6 Å². The van der Waals surface area contributed by atoms with Crippen molar-refractivity contribution in [1.82, 2.24) is 3.97 Å². The third-order valence-corrected chi connectivity index (χ3v) is 7.58. The highest BCUT2D eigenvalue weighted by Gasteiger charge is 2.34. The molecule has 0 aliphatic rings. The summed E-state index contributed by atoms with van der Waals surface area (Å²) in [7, 11) is 1.80. The van der Waals surface area contributed by atoms with Crippen molar-refractivity contribution in [1.29, 1.82) is 0 Å². The van der Waals surface area contributed by atoms with Crippen LogP contribution in [-0.4, -0.2) is 45.9 Å². The molecule has 4 rings (SSSR count). The Morgan fingerprint density at radius 1 is 0.800 bits per heavy atom. The van der Waals surface area contributed by atoms with E-state index in [1.807, 2.05) is 0 Å². The van der Waals surface area contributed by atoms with Crippen LogP contribution in [-0.2, 0) is 19.5 Å². The number of benzene rings is 3.